The standard InChI is InChI=1S/C20H16Cl2N4O6.Li.H/c1-11-23-10-18(26(30)31)25(11)6-7-32-13-3-5-17(15(9-13)20(28)29)24-19(27)14-4-2-12(21)8-16(14)22;;/h2-5,8-10H,6-7H2,1H3,(H,24,27)(H,28,29);;. The second-order valence-corrected chi connectivity index (χ2v) is 7.36. The van der Waals surface area contributed by atoms with Crippen LogP contribution in [-0.4, -0.2) is 56.9 Å². The third-order valence-corrected chi connectivity index (χ3v) is 5.00. The van der Waals surface area contributed by atoms with E-state index in [1.807, 2.05) is 0 Å². The van der Waals surface area contributed by atoms with Gasteiger partial charge in [-0.25, -0.2) is 14.3 Å². The minimum atomic E-state index is -1.28. The van der Waals surface area contributed by atoms with Gasteiger partial charge in [0, 0.05) is 11.9 Å². The van der Waals surface area contributed by atoms with Gasteiger partial charge in [-0.05, 0) is 41.3 Å². The molecule has 0 spiro atoms. The molecule has 0 aliphatic rings. The number of aromatic carboxylic acids is 1. The Morgan fingerprint density at radius 1 is 1.21 bits per heavy atom. The monoisotopic (exact) mass is 486 g/mol. The molecule has 1 amide bonds. The van der Waals surface area contributed by atoms with Crippen LogP contribution in [0.15, 0.2) is 42.6 Å². The van der Waals surface area contributed by atoms with Crippen molar-refractivity contribution < 1.29 is 24.4 Å². The molecule has 0 radical (unpaired) electrons. The van der Waals surface area contributed by atoms with Gasteiger partial charge < -0.3 is 25.3 Å². The Morgan fingerprint density at radius 3 is 2.58 bits per heavy atom. The third-order valence-electron chi connectivity index (χ3n) is 4.45. The Kier molecular flexibility index (Phi) is 8.90. The third kappa shape index (κ3) is 6.27. The van der Waals surface area contributed by atoms with Gasteiger partial charge in [0.1, 0.15) is 25.1 Å². The number of rotatable bonds is 8. The number of nitrogens with one attached hydrogen (secondary N) is 1. The van der Waals surface area contributed by atoms with Gasteiger partial charge in [0.05, 0.1) is 21.8 Å². The minimum absolute atomic E-state index is 0. The average Bonchev–Trinajstić information content (AvgIpc) is 3.09. The summed E-state index contributed by atoms with van der Waals surface area (Å²) in [4.78, 5) is 38.6. The molecule has 3 aromatic rings. The summed E-state index contributed by atoms with van der Waals surface area (Å²) < 4.78 is 6.93. The molecular formula is C20H17Cl2LiN4O6. The summed E-state index contributed by atoms with van der Waals surface area (Å²) in [6.45, 7) is 1.79. The molecule has 2 N–H and O–H groups in total. The molecule has 0 fully saturated rings. The first-order chi connectivity index (χ1) is 15.2. The molecule has 0 saturated heterocycles. The summed E-state index contributed by atoms with van der Waals surface area (Å²) >= 11 is 11.9. The van der Waals surface area contributed by atoms with Crippen molar-refractivity contribution >= 4 is 65.4 Å². The zero-order chi connectivity index (χ0) is 23.4. The van der Waals surface area contributed by atoms with E-state index in [1.165, 1.54) is 41.0 Å². The number of carbonyl (C=O) groups is 2. The van der Waals surface area contributed by atoms with Crippen LogP contribution in [0.5, 0.6) is 5.75 Å². The van der Waals surface area contributed by atoms with Crippen LogP contribution in [0.2, 0.25) is 10.0 Å². The Hall–Kier alpha value is -3.03. The van der Waals surface area contributed by atoms with Crippen LogP contribution >= 0.6 is 23.2 Å². The van der Waals surface area contributed by atoms with Gasteiger partial charge in [0.2, 0.25) is 0 Å². The molecule has 0 unspecified atom stereocenters. The number of anilines is 1. The predicted molar refractivity (Wildman–Crippen MR) is 124 cm³/mol. The van der Waals surface area contributed by atoms with E-state index in [0.717, 1.165) is 6.20 Å². The fourth-order valence-corrected chi connectivity index (χ4v) is 3.39. The van der Waals surface area contributed by atoms with Crippen LogP contribution in [0.4, 0.5) is 11.5 Å². The van der Waals surface area contributed by atoms with Crippen molar-refractivity contribution in [2.24, 2.45) is 0 Å². The molecule has 13 heteroatoms. The number of benzene rings is 2. The number of carbonyl (C=O) groups excluding carboxylic acids is 1. The Balaban J connectivity index is 0.00000385. The van der Waals surface area contributed by atoms with Crippen molar-refractivity contribution in [1.82, 2.24) is 9.55 Å². The molecule has 168 valence electrons. The Bertz CT molecular complexity index is 1220. The van der Waals surface area contributed by atoms with Gasteiger partial charge in [0.15, 0.2) is 5.82 Å². The van der Waals surface area contributed by atoms with Gasteiger partial charge in [0.25, 0.3) is 5.91 Å². The van der Waals surface area contributed by atoms with Crippen molar-refractivity contribution in [2.45, 2.75) is 13.5 Å². The quantitative estimate of drug-likeness (QED) is 0.280. The first-order valence-electron chi connectivity index (χ1n) is 9.10. The first kappa shape index (κ1) is 26.2. The van der Waals surface area contributed by atoms with Gasteiger partial charge in [-0.3, -0.25) is 4.79 Å². The molecule has 0 atom stereocenters. The van der Waals surface area contributed by atoms with Crippen molar-refractivity contribution in [3.05, 3.63) is 79.7 Å². The zero-order valence-corrected chi connectivity index (χ0v) is 18.1. The predicted octanol–water partition coefficient (Wildman–Crippen LogP) is 3.79. The van der Waals surface area contributed by atoms with Gasteiger partial charge in [-0.15, -0.1) is 0 Å². The number of nitro groups is 1. The topological polar surface area (TPSA) is 137 Å². The van der Waals surface area contributed by atoms with Crippen LogP contribution < -0.4 is 10.1 Å². The number of carboxylic acids is 1. The van der Waals surface area contributed by atoms with Gasteiger partial charge >= 0.3 is 30.6 Å². The van der Waals surface area contributed by atoms with E-state index in [4.69, 9.17) is 27.9 Å². The molecular weight excluding hydrogens is 470 g/mol. The number of amides is 1. The number of hydrogen-bond acceptors (Lipinski definition) is 6. The van der Waals surface area contributed by atoms with Crippen LogP contribution in [-0.2, 0) is 6.54 Å². The summed E-state index contributed by atoms with van der Waals surface area (Å²) in [5.74, 6) is -1.40. The molecule has 0 aliphatic carbocycles. The fraction of sp³-hybridized carbons (Fsp3) is 0.150. The Labute approximate surface area is 209 Å². The van der Waals surface area contributed by atoms with E-state index in [0.29, 0.717) is 10.8 Å². The zero-order valence-electron chi connectivity index (χ0n) is 16.5. The van der Waals surface area contributed by atoms with E-state index in [9.17, 15) is 24.8 Å². The van der Waals surface area contributed by atoms with E-state index in [2.05, 4.69) is 10.3 Å². The number of carboxylic acid groups (broad SMARTS) is 1. The second-order valence-electron chi connectivity index (χ2n) is 6.51. The van der Waals surface area contributed by atoms with E-state index in [1.54, 1.807) is 6.92 Å². The summed E-state index contributed by atoms with van der Waals surface area (Å²) in [7, 11) is 0. The summed E-state index contributed by atoms with van der Waals surface area (Å²) in [6, 6.07) is 8.42. The van der Waals surface area contributed by atoms with E-state index < -0.39 is 16.8 Å². The number of aryl methyl sites for hydroxylation is 1. The van der Waals surface area contributed by atoms with Gasteiger partial charge in [-0.2, -0.15) is 0 Å². The normalized spacial score (nSPS) is 10.3. The molecule has 1 heterocycles. The van der Waals surface area contributed by atoms with Crippen molar-refractivity contribution in [3.8, 4) is 5.75 Å². The van der Waals surface area contributed by atoms with Crippen LogP contribution in [0, 0.1) is 17.0 Å². The van der Waals surface area contributed by atoms with E-state index in [-0.39, 0.29) is 65.4 Å². The number of imidazole rings is 1. The average molecular weight is 487 g/mol. The molecule has 3 rings (SSSR count). The molecule has 1 aromatic heterocycles. The maximum atomic E-state index is 12.5. The second kappa shape index (κ2) is 11.2. The number of nitrogens with zero attached hydrogens (tertiary/aromatic N) is 3. The maximum absolute atomic E-state index is 12.5. The number of halogens is 2. The molecule has 10 nitrogen and oxygen atoms in total. The van der Waals surface area contributed by atoms with Crippen molar-refractivity contribution in [1.29, 1.82) is 0 Å². The van der Waals surface area contributed by atoms with Gasteiger partial charge in [-0.1, -0.05) is 23.2 Å². The number of ether oxygens (including phenoxy) is 1. The number of aromatic nitrogens is 2. The van der Waals surface area contributed by atoms with Crippen molar-refractivity contribution in [3.63, 3.8) is 0 Å². The molecule has 0 aliphatic heterocycles. The molecule has 0 bridgehead atoms. The Morgan fingerprint density at radius 2 is 1.94 bits per heavy atom. The SMILES string of the molecule is Cc1ncc([N+](=O)[O-])n1CCOc1ccc(NC(=O)c2ccc(Cl)cc2Cl)c(C(=O)O)c1.[LiH]. The van der Waals surface area contributed by atoms with Crippen LogP contribution in [0.1, 0.15) is 26.5 Å². The van der Waals surface area contributed by atoms with E-state index >= 15 is 0 Å². The molecule has 2 aromatic carbocycles. The van der Waals surface area contributed by atoms with Crippen LogP contribution in [0.3, 0.4) is 0 Å². The summed E-state index contributed by atoms with van der Waals surface area (Å²) in [5.41, 5.74) is -0.0299. The first-order valence-corrected chi connectivity index (χ1v) is 9.86. The number of hydrogen-bond donors (Lipinski definition) is 2. The van der Waals surface area contributed by atoms with Crippen molar-refractivity contribution in [2.75, 3.05) is 11.9 Å². The van der Waals surface area contributed by atoms with Crippen LogP contribution in [0.25, 0.3) is 0 Å². The summed E-state index contributed by atoms with van der Waals surface area (Å²) in [6.07, 6.45) is 1.16. The fourth-order valence-electron chi connectivity index (χ4n) is 2.90. The molecule has 33 heavy (non-hydrogen) atoms. The summed E-state index contributed by atoms with van der Waals surface area (Å²) in [5, 5.41) is 23.6. The molecule has 0 saturated carbocycles.